The number of aryl methyl sites for hydroxylation is 1. The first-order valence-corrected chi connectivity index (χ1v) is 11.4. The lowest BCUT2D eigenvalue weighted by Gasteiger charge is -2.20. The summed E-state index contributed by atoms with van der Waals surface area (Å²) in [5.74, 6) is -1.00. The van der Waals surface area contributed by atoms with E-state index in [9.17, 15) is 18.0 Å². The van der Waals surface area contributed by atoms with E-state index >= 15 is 0 Å². The largest absolute Gasteiger partial charge is 0.347 e. The number of para-hydroxylation sites is 1. The Hall–Kier alpha value is -2.85. The molecule has 0 radical (unpaired) electrons. The van der Waals surface area contributed by atoms with Crippen LogP contribution in [0, 0.1) is 12.8 Å². The van der Waals surface area contributed by atoms with Crippen LogP contribution in [-0.4, -0.2) is 71.8 Å². The number of sulfone groups is 1. The molecule has 0 spiro atoms. The first-order chi connectivity index (χ1) is 14.3. The molecule has 2 aliphatic rings. The lowest BCUT2D eigenvalue weighted by atomic mass is 10.0. The summed E-state index contributed by atoms with van der Waals surface area (Å²) in [6, 6.07) is 8.58. The minimum Gasteiger partial charge on any atom is -0.347 e. The van der Waals surface area contributed by atoms with Gasteiger partial charge >= 0.3 is 0 Å². The highest BCUT2D eigenvalue weighted by Gasteiger charge is 2.52. The number of carbonyl (C=O) groups is 2. The van der Waals surface area contributed by atoms with Crippen molar-refractivity contribution in [3.05, 3.63) is 54.1 Å². The van der Waals surface area contributed by atoms with Crippen molar-refractivity contribution in [3.8, 4) is 0 Å². The van der Waals surface area contributed by atoms with Crippen molar-refractivity contribution in [1.29, 1.82) is 0 Å². The number of likely N-dealkylation sites (tertiary alicyclic amines) is 1. The highest BCUT2D eigenvalue weighted by atomic mass is 32.2. The molecule has 4 rings (SSSR count). The zero-order valence-corrected chi connectivity index (χ0v) is 17.3. The van der Waals surface area contributed by atoms with E-state index in [2.05, 4.69) is 20.6 Å². The van der Waals surface area contributed by atoms with Gasteiger partial charge in [-0.05, 0) is 19.1 Å². The molecule has 10 heteroatoms. The van der Waals surface area contributed by atoms with Crippen LogP contribution < -0.4 is 10.6 Å². The van der Waals surface area contributed by atoms with Crippen LogP contribution in [0.25, 0.3) is 0 Å². The second-order valence-corrected chi connectivity index (χ2v) is 10.0. The van der Waals surface area contributed by atoms with Crippen molar-refractivity contribution in [2.45, 2.75) is 18.2 Å². The van der Waals surface area contributed by atoms with Crippen LogP contribution in [0.15, 0.2) is 42.7 Å². The van der Waals surface area contributed by atoms with E-state index in [1.807, 2.05) is 23.1 Å². The first kappa shape index (κ1) is 20.4. The second-order valence-electron chi connectivity index (χ2n) is 7.76. The van der Waals surface area contributed by atoms with Crippen LogP contribution in [-0.2, 0) is 14.6 Å². The highest BCUT2D eigenvalue weighted by Crippen LogP contribution is 2.34. The molecular weight excluding hydrogens is 406 g/mol. The van der Waals surface area contributed by atoms with E-state index in [1.165, 1.54) is 12.4 Å². The Morgan fingerprint density at radius 1 is 1.13 bits per heavy atom. The van der Waals surface area contributed by atoms with Crippen LogP contribution in [0.5, 0.6) is 0 Å². The maximum absolute atomic E-state index is 12.6. The van der Waals surface area contributed by atoms with Gasteiger partial charge in [-0.15, -0.1) is 0 Å². The molecule has 0 unspecified atom stereocenters. The van der Waals surface area contributed by atoms with Crippen molar-refractivity contribution >= 4 is 27.3 Å². The number of rotatable bonds is 5. The predicted molar refractivity (Wildman–Crippen MR) is 111 cm³/mol. The smallest absolute Gasteiger partial charge is 0.271 e. The van der Waals surface area contributed by atoms with Gasteiger partial charge in [-0.3, -0.25) is 19.5 Å². The number of nitrogens with zero attached hydrogens (tertiary/aromatic N) is 3. The van der Waals surface area contributed by atoms with Gasteiger partial charge in [-0.1, -0.05) is 18.2 Å². The maximum Gasteiger partial charge on any atom is 0.271 e. The third-order valence-corrected chi connectivity index (χ3v) is 7.77. The number of hydrogen-bond acceptors (Lipinski definition) is 7. The van der Waals surface area contributed by atoms with Crippen LogP contribution in [0.3, 0.4) is 0 Å². The monoisotopic (exact) mass is 429 g/mol. The van der Waals surface area contributed by atoms with Crippen LogP contribution in [0.2, 0.25) is 0 Å². The van der Waals surface area contributed by atoms with Crippen LogP contribution >= 0.6 is 0 Å². The van der Waals surface area contributed by atoms with Crippen molar-refractivity contribution in [2.75, 3.05) is 30.7 Å². The van der Waals surface area contributed by atoms with Gasteiger partial charge in [-0.2, -0.15) is 0 Å². The Labute approximate surface area is 174 Å². The summed E-state index contributed by atoms with van der Waals surface area (Å²) in [6.45, 7) is 2.58. The predicted octanol–water partition coefficient (Wildman–Crippen LogP) is 0.251. The van der Waals surface area contributed by atoms with Gasteiger partial charge in [0.25, 0.3) is 5.91 Å². The molecule has 9 nitrogen and oxygen atoms in total. The fraction of sp³-hybridized carbons (Fsp3) is 0.400. The van der Waals surface area contributed by atoms with Crippen molar-refractivity contribution < 1.29 is 18.0 Å². The number of carbonyl (C=O) groups excluding carboxylic acids is 2. The van der Waals surface area contributed by atoms with Gasteiger partial charge in [-0.25, -0.2) is 13.4 Å². The Morgan fingerprint density at radius 2 is 1.90 bits per heavy atom. The number of aromatic nitrogens is 2. The molecule has 2 amide bonds. The molecule has 30 heavy (non-hydrogen) atoms. The number of fused-ring (bicyclic) bond motifs is 1. The topological polar surface area (TPSA) is 121 Å². The van der Waals surface area contributed by atoms with Crippen molar-refractivity contribution in [3.63, 3.8) is 0 Å². The molecule has 3 atom stereocenters. The summed E-state index contributed by atoms with van der Waals surface area (Å²) in [5, 5.41) is 5.03. The van der Waals surface area contributed by atoms with Gasteiger partial charge in [0.1, 0.15) is 5.69 Å². The summed E-state index contributed by atoms with van der Waals surface area (Å²) in [6.07, 6.45) is 2.87. The standard InChI is InChI=1S/C20H23N5O4S/c1-13-7-22-16(8-21-13)20(27)24-17-12-30(28,29)18-10-25(9-15(17)18)11-19(26)23-14-5-3-2-4-6-14/h2-8,15,17-18H,9-12H2,1H3,(H,23,26)(H,24,27)/t15-,17+,18-/m0/s1. The second kappa shape index (κ2) is 8.11. The van der Waals surface area contributed by atoms with Gasteiger partial charge in [0.2, 0.25) is 5.91 Å². The maximum atomic E-state index is 12.6. The Bertz CT molecular complexity index is 1040. The lowest BCUT2D eigenvalue weighted by molar-refractivity contribution is -0.117. The molecule has 2 fully saturated rings. The lowest BCUT2D eigenvalue weighted by Crippen LogP contribution is -2.43. The normalized spacial score (nSPS) is 24.9. The van der Waals surface area contributed by atoms with E-state index in [0.717, 1.165) is 0 Å². The minimum atomic E-state index is -3.36. The molecule has 0 aliphatic carbocycles. The summed E-state index contributed by atoms with van der Waals surface area (Å²) in [4.78, 5) is 34.8. The average Bonchev–Trinajstić information content (AvgIpc) is 3.22. The van der Waals surface area contributed by atoms with Crippen molar-refractivity contribution in [2.24, 2.45) is 5.92 Å². The molecule has 3 heterocycles. The molecule has 1 aromatic heterocycles. The Morgan fingerprint density at radius 3 is 2.60 bits per heavy atom. The molecule has 1 aromatic carbocycles. The first-order valence-electron chi connectivity index (χ1n) is 9.70. The molecule has 158 valence electrons. The number of nitrogens with one attached hydrogen (secondary N) is 2. The van der Waals surface area contributed by atoms with Crippen LogP contribution in [0.1, 0.15) is 16.2 Å². The van der Waals surface area contributed by atoms with E-state index in [-0.39, 0.29) is 36.4 Å². The van der Waals surface area contributed by atoms with Gasteiger partial charge in [0.15, 0.2) is 9.84 Å². The molecular formula is C20H23N5O4S. The molecule has 2 saturated heterocycles. The highest BCUT2D eigenvalue weighted by molar-refractivity contribution is 7.92. The third-order valence-electron chi connectivity index (χ3n) is 5.53. The quantitative estimate of drug-likeness (QED) is 0.699. The summed E-state index contributed by atoms with van der Waals surface area (Å²) >= 11 is 0. The molecule has 0 saturated carbocycles. The van der Waals surface area contributed by atoms with E-state index < -0.39 is 27.0 Å². The van der Waals surface area contributed by atoms with Crippen LogP contribution in [0.4, 0.5) is 5.69 Å². The van der Waals surface area contributed by atoms with Gasteiger partial charge < -0.3 is 10.6 Å². The summed E-state index contributed by atoms with van der Waals surface area (Å²) in [7, 11) is -3.36. The van der Waals surface area contributed by atoms with E-state index in [4.69, 9.17) is 0 Å². The zero-order valence-electron chi connectivity index (χ0n) is 16.5. The average molecular weight is 430 g/mol. The number of amides is 2. The molecule has 2 aromatic rings. The summed E-state index contributed by atoms with van der Waals surface area (Å²) in [5.41, 5.74) is 1.53. The number of hydrogen-bond donors (Lipinski definition) is 2. The Kier molecular flexibility index (Phi) is 5.52. The number of anilines is 1. The van der Waals surface area contributed by atoms with E-state index in [0.29, 0.717) is 17.9 Å². The minimum absolute atomic E-state index is 0.0987. The summed E-state index contributed by atoms with van der Waals surface area (Å²) < 4.78 is 25.3. The SMILES string of the molecule is Cc1cnc(C(=O)N[C@@H]2CS(=O)(=O)[C@H]3CN(CC(=O)Nc4ccccc4)C[C@@H]23)cn1. The number of benzene rings is 1. The van der Waals surface area contributed by atoms with Crippen molar-refractivity contribution in [1.82, 2.24) is 20.2 Å². The fourth-order valence-corrected chi connectivity index (χ4v) is 6.42. The third kappa shape index (κ3) is 4.34. The zero-order chi connectivity index (χ0) is 21.3. The fourth-order valence-electron chi connectivity index (χ4n) is 4.10. The molecule has 2 aliphatic heterocycles. The Balaban J connectivity index is 1.40. The molecule has 0 bridgehead atoms. The molecule has 2 N–H and O–H groups in total. The van der Waals surface area contributed by atoms with Gasteiger partial charge in [0.05, 0.1) is 29.4 Å². The van der Waals surface area contributed by atoms with E-state index in [1.54, 1.807) is 19.1 Å². The van der Waals surface area contributed by atoms with Gasteiger partial charge in [0, 0.05) is 36.9 Å².